The number of benzene rings is 2. The van der Waals surface area contributed by atoms with E-state index in [1.165, 1.54) is 0 Å². The monoisotopic (exact) mass is 417 g/mol. The number of nitrogens with two attached hydrogens (primary N) is 1. The summed E-state index contributed by atoms with van der Waals surface area (Å²) in [6.07, 6.45) is 0. The second-order valence-electron chi connectivity index (χ2n) is 5.43. The number of halogens is 1. The number of aromatic carboxylic acids is 1. The first kappa shape index (κ1) is 21.1. The quantitative estimate of drug-likeness (QED) is 0.595. The predicted molar refractivity (Wildman–Crippen MR) is 108 cm³/mol. The molecule has 7 nitrogen and oxygen atoms in total. The van der Waals surface area contributed by atoms with Crippen molar-refractivity contribution in [1.82, 2.24) is 4.98 Å². The molecule has 0 aliphatic heterocycles. The normalized spacial score (nSPS) is 9.79. The molecule has 0 fully saturated rings. The number of thiazole rings is 1. The molecule has 0 radical (unpaired) electrons. The topological polar surface area (TPSA) is 122 Å². The van der Waals surface area contributed by atoms with Crippen LogP contribution in [0, 0.1) is 6.92 Å². The molecule has 1 aromatic heterocycles. The number of aryl methyl sites for hydroxylation is 1. The van der Waals surface area contributed by atoms with Gasteiger partial charge in [0.2, 0.25) is 5.91 Å². The standard InChI is InChI=1S/C12H10N2O3S.C7H6ClNO/c1-7-9(11(16)17)18-12(13-7)14-10(15)8-5-3-2-4-6-8;8-6-3-1-5(2-4-6)7(9)10/h2-6H,1H3,(H,16,17)(H,13,14,15);1-4H,(H2,9,10). The molecule has 0 atom stereocenters. The summed E-state index contributed by atoms with van der Waals surface area (Å²) in [5.41, 5.74) is 6.36. The molecule has 28 heavy (non-hydrogen) atoms. The number of carbonyl (C=O) groups is 3. The summed E-state index contributed by atoms with van der Waals surface area (Å²) in [5.74, 6) is -1.77. The molecule has 3 aromatic rings. The van der Waals surface area contributed by atoms with Crippen LogP contribution >= 0.6 is 22.9 Å². The number of nitrogens with one attached hydrogen (secondary N) is 1. The van der Waals surface area contributed by atoms with E-state index in [9.17, 15) is 14.4 Å². The van der Waals surface area contributed by atoms with Crippen molar-refractivity contribution < 1.29 is 19.5 Å². The molecule has 0 aliphatic rings. The van der Waals surface area contributed by atoms with Crippen molar-refractivity contribution in [2.45, 2.75) is 6.92 Å². The summed E-state index contributed by atoms with van der Waals surface area (Å²) < 4.78 is 0. The van der Waals surface area contributed by atoms with Gasteiger partial charge in [0.25, 0.3) is 5.91 Å². The van der Waals surface area contributed by atoms with Crippen LogP contribution in [-0.2, 0) is 0 Å². The molecule has 2 amide bonds. The van der Waals surface area contributed by atoms with Crippen molar-refractivity contribution in [3.8, 4) is 0 Å². The second-order valence-corrected chi connectivity index (χ2v) is 6.87. The number of aromatic nitrogens is 1. The fourth-order valence-electron chi connectivity index (χ4n) is 2.02. The summed E-state index contributed by atoms with van der Waals surface area (Å²) >= 11 is 6.51. The van der Waals surface area contributed by atoms with Crippen molar-refractivity contribution in [3.05, 3.63) is 81.3 Å². The van der Waals surface area contributed by atoms with E-state index in [1.54, 1.807) is 55.5 Å². The van der Waals surface area contributed by atoms with Gasteiger partial charge < -0.3 is 10.8 Å². The van der Waals surface area contributed by atoms with Gasteiger partial charge in [-0.3, -0.25) is 14.9 Å². The van der Waals surface area contributed by atoms with Crippen LogP contribution in [-0.4, -0.2) is 27.9 Å². The van der Waals surface area contributed by atoms with Gasteiger partial charge in [0.15, 0.2) is 5.13 Å². The Morgan fingerprint density at radius 3 is 2.14 bits per heavy atom. The van der Waals surface area contributed by atoms with Crippen molar-refractivity contribution in [3.63, 3.8) is 0 Å². The molecule has 144 valence electrons. The zero-order chi connectivity index (χ0) is 20.7. The molecule has 0 bridgehead atoms. The number of hydrogen-bond acceptors (Lipinski definition) is 5. The Morgan fingerprint density at radius 2 is 1.64 bits per heavy atom. The molecule has 0 saturated carbocycles. The average molecular weight is 418 g/mol. The number of carbonyl (C=O) groups excluding carboxylic acids is 2. The largest absolute Gasteiger partial charge is 0.477 e. The van der Waals surface area contributed by atoms with E-state index >= 15 is 0 Å². The van der Waals surface area contributed by atoms with E-state index in [-0.39, 0.29) is 10.8 Å². The number of nitrogens with zero attached hydrogens (tertiary/aromatic N) is 1. The van der Waals surface area contributed by atoms with E-state index in [2.05, 4.69) is 10.3 Å². The van der Waals surface area contributed by atoms with Crippen LogP contribution in [0.1, 0.15) is 36.1 Å². The van der Waals surface area contributed by atoms with Gasteiger partial charge in [-0.15, -0.1) is 0 Å². The van der Waals surface area contributed by atoms with Gasteiger partial charge in [0, 0.05) is 16.1 Å². The van der Waals surface area contributed by atoms with E-state index in [1.807, 2.05) is 6.07 Å². The van der Waals surface area contributed by atoms with Gasteiger partial charge in [-0.1, -0.05) is 41.1 Å². The van der Waals surface area contributed by atoms with Crippen molar-refractivity contribution in [2.75, 3.05) is 5.32 Å². The summed E-state index contributed by atoms with van der Waals surface area (Å²) in [6, 6.07) is 15.1. The van der Waals surface area contributed by atoms with Crippen LogP contribution < -0.4 is 11.1 Å². The number of anilines is 1. The Kier molecular flexibility index (Phi) is 7.25. The lowest BCUT2D eigenvalue weighted by Crippen LogP contribution is -2.11. The lowest BCUT2D eigenvalue weighted by Gasteiger charge is -2.00. The van der Waals surface area contributed by atoms with Crippen LogP contribution in [0.3, 0.4) is 0 Å². The van der Waals surface area contributed by atoms with Crippen molar-refractivity contribution >= 4 is 45.9 Å². The number of carboxylic acids is 1. The predicted octanol–water partition coefficient (Wildman–Crippen LogP) is 3.84. The highest BCUT2D eigenvalue weighted by molar-refractivity contribution is 7.17. The lowest BCUT2D eigenvalue weighted by atomic mass is 10.2. The molecule has 0 saturated heterocycles. The van der Waals surface area contributed by atoms with Crippen LogP contribution in [0.2, 0.25) is 5.02 Å². The smallest absolute Gasteiger partial charge is 0.347 e. The van der Waals surface area contributed by atoms with Crippen molar-refractivity contribution in [2.24, 2.45) is 5.73 Å². The zero-order valence-corrected chi connectivity index (χ0v) is 16.3. The third-order valence-corrected chi connectivity index (χ3v) is 4.69. The summed E-state index contributed by atoms with van der Waals surface area (Å²) in [7, 11) is 0. The zero-order valence-electron chi connectivity index (χ0n) is 14.7. The van der Waals surface area contributed by atoms with Gasteiger partial charge >= 0.3 is 5.97 Å². The first-order valence-corrected chi connectivity index (χ1v) is 9.10. The average Bonchev–Trinajstić information content (AvgIpc) is 3.04. The number of carboxylic acid groups (broad SMARTS) is 1. The Labute approximate surface area is 169 Å². The highest BCUT2D eigenvalue weighted by atomic mass is 35.5. The molecule has 9 heteroatoms. The number of amides is 2. The maximum Gasteiger partial charge on any atom is 0.347 e. The minimum Gasteiger partial charge on any atom is -0.477 e. The van der Waals surface area contributed by atoms with Gasteiger partial charge in [-0.2, -0.15) is 0 Å². The van der Waals surface area contributed by atoms with Crippen LogP contribution in [0.5, 0.6) is 0 Å². The van der Waals surface area contributed by atoms with Gasteiger partial charge in [-0.25, -0.2) is 9.78 Å². The lowest BCUT2D eigenvalue weighted by molar-refractivity contribution is 0.0700. The van der Waals surface area contributed by atoms with Gasteiger partial charge in [0.1, 0.15) is 4.88 Å². The SMILES string of the molecule is Cc1nc(NC(=O)c2ccccc2)sc1C(=O)O.NC(=O)c1ccc(Cl)cc1. The molecule has 1 heterocycles. The molecular weight excluding hydrogens is 402 g/mol. The fourth-order valence-corrected chi connectivity index (χ4v) is 2.95. The Morgan fingerprint density at radius 1 is 1.04 bits per heavy atom. The van der Waals surface area contributed by atoms with Crippen LogP contribution in [0.4, 0.5) is 5.13 Å². The molecule has 4 N–H and O–H groups in total. The Hall–Kier alpha value is -3.23. The first-order valence-electron chi connectivity index (χ1n) is 7.90. The maximum absolute atomic E-state index is 11.8. The minimum absolute atomic E-state index is 0.137. The van der Waals surface area contributed by atoms with E-state index in [4.69, 9.17) is 22.4 Å². The molecular formula is C19H16ClN3O4S. The van der Waals surface area contributed by atoms with Gasteiger partial charge in [-0.05, 0) is 43.3 Å². The number of rotatable bonds is 4. The summed E-state index contributed by atoms with van der Waals surface area (Å²) in [5, 5.41) is 12.4. The second kappa shape index (κ2) is 9.63. The molecule has 2 aromatic carbocycles. The van der Waals surface area contributed by atoms with E-state index in [0.29, 0.717) is 27.0 Å². The highest BCUT2D eigenvalue weighted by Gasteiger charge is 2.15. The maximum atomic E-state index is 11.8. The molecule has 3 rings (SSSR count). The Bertz CT molecular complexity index is 988. The Balaban J connectivity index is 0.000000237. The van der Waals surface area contributed by atoms with E-state index in [0.717, 1.165) is 11.3 Å². The first-order chi connectivity index (χ1) is 13.3. The highest BCUT2D eigenvalue weighted by Crippen LogP contribution is 2.22. The summed E-state index contributed by atoms with van der Waals surface area (Å²) in [4.78, 5) is 37.3. The van der Waals surface area contributed by atoms with Crippen molar-refractivity contribution in [1.29, 1.82) is 0 Å². The number of primary amides is 1. The molecule has 0 aliphatic carbocycles. The van der Waals surface area contributed by atoms with Gasteiger partial charge in [0.05, 0.1) is 5.69 Å². The number of hydrogen-bond donors (Lipinski definition) is 3. The van der Waals surface area contributed by atoms with Crippen LogP contribution in [0.15, 0.2) is 54.6 Å². The fraction of sp³-hybridized carbons (Fsp3) is 0.0526. The third kappa shape index (κ3) is 5.90. The molecule has 0 spiro atoms. The third-order valence-electron chi connectivity index (χ3n) is 3.38. The minimum atomic E-state index is -1.04. The van der Waals surface area contributed by atoms with Crippen LogP contribution in [0.25, 0.3) is 0 Å². The summed E-state index contributed by atoms with van der Waals surface area (Å²) in [6.45, 7) is 1.60. The van der Waals surface area contributed by atoms with E-state index < -0.39 is 11.9 Å². The molecule has 0 unspecified atom stereocenters.